The lowest BCUT2D eigenvalue weighted by Crippen LogP contribution is -2.41. The summed E-state index contributed by atoms with van der Waals surface area (Å²) in [6, 6.07) is 4.12. The number of carboxylic acid groups (broad SMARTS) is 3. The van der Waals surface area contributed by atoms with Crippen molar-refractivity contribution >= 4 is 59.2 Å². The summed E-state index contributed by atoms with van der Waals surface area (Å²) in [5.74, 6) is -3.59. The Morgan fingerprint density at radius 1 is 1.02 bits per heavy atom. The van der Waals surface area contributed by atoms with Crippen LogP contribution in [0.25, 0.3) is 11.2 Å². The maximum Gasteiger partial charge on any atom is 0.326 e. The van der Waals surface area contributed by atoms with Crippen LogP contribution in [0, 0.1) is 0 Å². The van der Waals surface area contributed by atoms with Crippen LogP contribution in [-0.4, -0.2) is 76.9 Å². The summed E-state index contributed by atoms with van der Waals surface area (Å²) in [5.41, 5.74) is 11.6. The third-order valence-electron chi connectivity index (χ3n) is 5.11. The van der Waals surface area contributed by atoms with E-state index >= 15 is 0 Å². The normalized spacial score (nSPS) is 11.9. The summed E-state index contributed by atoms with van der Waals surface area (Å²) in [6.07, 6.45) is 1.27. The van der Waals surface area contributed by atoms with Crippen LogP contribution in [0.5, 0.6) is 0 Å². The number of rotatable bonds is 12. The number of nitrogens with one attached hydrogen (secondary N) is 3. The van der Waals surface area contributed by atoms with E-state index in [9.17, 15) is 24.0 Å². The van der Waals surface area contributed by atoms with E-state index in [1.54, 1.807) is 12.1 Å². The molecular weight excluding hydrogens is 548 g/mol. The van der Waals surface area contributed by atoms with Crippen LogP contribution >= 0.6 is 12.6 Å². The molecule has 17 heteroatoms. The first kappa shape index (κ1) is 31.4. The number of nitrogen functional groups attached to an aromatic ring is 1. The quantitative estimate of drug-likeness (QED) is 0.125. The third kappa shape index (κ3) is 9.84. The van der Waals surface area contributed by atoms with E-state index in [1.165, 1.54) is 18.3 Å². The Balaban J connectivity index is 0.000000611. The predicted octanol–water partition coefficient (Wildman–Crippen LogP) is -0.327. The van der Waals surface area contributed by atoms with Crippen molar-refractivity contribution in [3.8, 4) is 0 Å². The highest BCUT2D eigenvalue weighted by Crippen LogP contribution is 2.12. The number of thiol groups is 1. The minimum Gasteiger partial charge on any atom is -0.481 e. The largest absolute Gasteiger partial charge is 0.481 e. The van der Waals surface area contributed by atoms with Crippen molar-refractivity contribution in [1.82, 2.24) is 25.3 Å². The van der Waals surface area contributed by atoms with E-state index in [1.807, 2.05) is 0 Å². The lowest BCUT2D eigenvalue weighted by atomic mass is 10.1. The number of aromatic nitrogens is 4. The van der Waals surface area contributed by atoms with Gasteiger partial charge in [-0.3, -0.25) is 24.2 Å². The molecule has 0 aliphatic heterocycles. The fraction of sp³-hybridized carbons (Fsp3) is 0.304. The van der Waals surface area contributed by atoms with Crippen molar-refractivity contribution in [2.75, 3.05) is 16.8 Å². The van der Waals surface area contributed by atoms with Crippen molar-refractivity contribution in [1.29, 1.82) is 0 Å². The lowest BCUT2D eigenvalue weighted by Gasteiger charge is -2.14. The molecule has 16 nitrogen and oxygen atoms in total. The number of aromatic amines is 1. The predicted molar refractivity (Wildman–Crippen MR) is 146 cm³/mol. The number of benzene rings is 1. The van der Waals surface area contributed by atoms with Gasteiger partial charge in [0.1, 0.15) is 12.1 Å². The summed E-state index contributed by atoms with van der Waals surface area (Å²) in [5, 5.41) is 31.4. The number of aliphatic carboxylic acids is 3. The fourth-order valence-corrected chi connectivity index (χ4v) is 3.30. The zero-order valence-electron chi connectivity index (χ0n) is 20.9. The van der Waals surface area contributed by atoms with E-state index in [4.69, 9.17) is 26.8 Å². The minimum atomic E-state index is -1.31. The van der Waals surface area contributed by atoms with Gasteiger partial charge >= 0.3 is 17.9 Å². The average molecular weight is 577 g/mol. The van der Waals surface area contributed by atoms with Crippen LogP contribution in [0.3, 0.4) is 0 Å². The number of fused-ring (bicyclic) bond motifs is 1. The molecule has 10 N–H and O–H groups in total. The smallest absolute Gasteiger partial charge is 0.326 e. The van der Waals surface area contributed by atoms with E-state index in [-0.39, 0.29) is 42.1 Å². The van der Waals surface area contributed by atoms with Gasteiger partial charge < -0.3 is 37.4 Å². The first-order chi connectivity index (χ1) is 18.9. The second-order valence-electron chi connectivity index (χ2n) is 8.17. The molecule has 1 unspecified atom stereocenters. The number of anilines is 2. The number of carbonyl (C=O) groups is 4. The maximum atomic E-state index is 12.3. The Bertz CT molecular complexity index is 1420. The molecule has 0 bridgehead atoms. The van der Waals surface area contributed by atoms with Gasteiger partial charge in [0, 0.05) is 17.7 Å². The molecule has 0 fully saturated rings. The standard InChI is InChI=1S/C19H19N7O6.C4H9NO2S/c20-19-25-15-14(17(30)26-19)23-11(8-22-15)7-21-10-3-1-9(2-4-10)16(29)24-12(18(31)32)5-6-13(27)28;5-3(1-2-8)4(6)7/h1-4,8,12,21H,5-7H2,(H,24,29)(H,27,28)(H,31,32)(H3,20,22,25,26,30);3,8H,1-2,5H2,(H,6,7)/t;3-/m.0/s1. The Labute approximate surface area is 231 Å². The first-order valence-corrected chi connectivity index (χ1v) is 12.2. The Morgan fingerprint density at radius 3 is 2.25 bits per heavy atom. The Morgan fingerprint density at radius 2 is 1.70 bits per heavy atom. The number of carbonyl (C=O) groups excluding carboxylic acids is 1. The molecule has 0 radical (unpaired) electrons. The van der Waals surface area contributed by atoms with Gasteiger partial charge in [0.2, 0.25) is 5.95 Å². The number of nitrogens with zero attached hydrogens (tertiary/aromatic N) is 3. The molecule has 0 aliphatic rings. The lowest BCUT2D eigenvalue weighted by molar-refractivity contribution is -0.141. The second kappa shape index (κ2) is 15.0. The number of amides is 1. The van der Waals surface area contributed by atoms with Crippen molar-refractivity contribution in [2.24, 2.45) is 5.73 Å². The minimum absolute atomic E-state index is 0.0524. The van der Waals surface area contributed by atoms with Crippen molar-refractivity contribution in [3.05, 3.63) is 52.1 Å². The van der Waals surface area contributed by atoms with Crippen LogP contribution in [0.2, 0.25) is 0 Å². The van der Waals surface area contributed by atoms with E-state index < -0.39 is 41.5 Å². The van der Waals surface area contributed by atoms with Crippen molar-refractivity contribution in [2.45, 2.75) is 37.9 Å². The van der Waals surface area contributed by atoms with Gasteiger partial charge in [0.15, 0.2) is 11.2 Å². The Kier molecular flexibility index (Phi) is 11.8. The molecule has 40 heavy (non-hydrogen) atoms. The summed E-state index contributed by atoms with van der Waals surface area (Å²) in [4.78, 5) is 70.5. The van der Waals surface area contributed by atoms with Crippen LogP contribution in [0.15, 0.2) is 35.3 Å². The number of nitrogens with two attached hydrogens (primary N) is 2. The van der Waals surface area contributed by atoms with Gasteiger partial charge in [-0.2, -0.15) is 17.6 Å². The molecule has 0 saturated heterocycles. The van der Waals surface area contributed by atoms with Crippen molar-refractivity contribution in [3.63, 3.8) is 0 Å². The van der Waals surface area contributed by atoms with Gasteiger partial charge in [-0.05, 0) is 42.9 Å². The molecule has 1 amide bonds. The fourth-order valence-electron chi connectivity index (χ4n) is 3.02. The highest BCUT2D eigenvalue weighted by molar-refractivity contribution is 7.80. The monoisotopic (exact) mass is 576 g/mol. The van der Waals surface area contributed by atoms with Crippen LogP contribution in [0.4, 0.5) is 11.6 Å². The topological polar surface area (TPSA) is 277 Å². The summed E-state index contributed by atoms with van der Waals surface area (Å²) in [7, 11) is 0. The summed E-state index contributed by atoms with van der Waals surface area (Å²) < 4.78 is 0. The van der Waals surface area contributed by atoms with Gasteiger partial charge in [-0.25, -0.2) is 14.8 Å². The highest BCUT2D eigenvalue weighted by Gasteiger charge is 2.21. The van der Waals surface area contributed by atoms with Gasteiger partial charge in [-0.1, -0.05) is 0 Å². The molecule has 2 atom stereocenters. The molecule has 2 heterocycles. The van der Waals surface area contributed by atoms with Gasteiger partial charge in [0.25, 0.3) is 11.5 Å². The number of hydrogen-bond acceptors (Lipinski definition) is 12. The zero-order chi connectivity index (χ0) is 29.8. The SMILES string of the molecule is N[C@@H](CCS)C(=O)O.Nc1nc2ncc(CNc3ccc(C(=O)NC(CCC(=O)O)C(=O)O)cc3)nc2c(=O)[nH]1. The number of carboxylic acids is 3. The second-order valence-corrected chi connectivity index (χ2v) is 8.62. The molecule has 1 aromatic carbocycles. The zero-order valence-corrected chi connectivity index (χ0v) is 21.8. The third-order valence-corrected chi connectivity index (χ3v) is 5.37. The van der Waals surface area contributed by atoms with Crippen LogP contribution < -0.4 is 27.7 Å². The van der Waals surface area contributed by atoms with Crippen LogP contribution in [0.1, 0.15) is 35.3 Å². The molecule has 3 aromatic rings. The van der Waals surface area contributed by atoms with E-state index in [2.05, 4.69) is 43.2 Å². The van der Waals surface area contributed by atoms with Gasteiger partial charge in [-0.15, -0.1) is 0 Å². The first-order valence-electron chi connectivity index (χ1n) is 11.6. The van der Waals surface area contributed by atoms with Gasteiger partial charge in [0.05, 0.1) is 18.4 Å². The highest BCUT2D eigenvalue weighted by atomic mass is 32.1. The van der Waals surface area contributed by atoms with Crippen molar-refractivity contribution < 1.29 is 34.5 Å². The molecule has 0 spiro atoms. The Hall–Kier alpha value is -4.77. The summed E-state index contributed by atoms with van der Waals surface area (Å²) in [6.45, 7) is 0.231. The number of hydrogen-bond donors (Lipinski definition) is 9. The summed E-state index contributed by atoms with van der Waals surface area (Å²) >= 11 is 3.81. The van der Waals surface area contributed by atoms with Crippen LogP contribution in [-0.2, 0) is 20.9 Å². The molecular formula is C23H28N8O8S. The molecule has 0 saturated carbocycles. The van der Waals surface area contributed by atoms with E-state index in [0.717, 1.165) is 0 Å². The molecule has 2 aromatic heterocycles. The molecule has 3 rings (SSSR count). The number of H-pyrrole nitrogens is 1. The maximum absolute atomic E-state index is 12.3. The van der Waals surface area contributed by atoms with E-state index in [0.29, 0.717) is 23.6 Å². The average Bonchev–Trinajstić information content (AvgIpc) is 2.90. The molecule has 214 valence electrons. The molecule has 0 aliphatic carbocycles.